The summed E-state index contributed by atoms with van der Waals surface area (Å²) >= 11 is 0. The number of nitrogens with zero attached hydrogens (tertiary/aromatic N) is 2. The molecule has 2 rings (SSSR count). The molecule has 0 bridgehead atoms. The van der Waals surface area contributed by atoms with Gasteiger partial charge in [0.05, 0.1) is 18.3 Å². The maximum atomic E-state index is 11.7. The molecule has 1 aliphatic heterocycles. The van der Waals surface area contributed by atoms with Crippen molar-refractivity contribution in [2.45, 2.75) is 26.4 Å². The molecular weight excluding hydrogens is 216 g/mol. The number of carbonyl (C=O) groups is 1. The van der Waals surface area contributed by atoms with Crippen molar-refractivity contribution in [1.29, 1.82) is 0 Å². The van der Waals surface area contributed by atoms with Crippen molar-refractivity contribution in [3.63, 3.8) is 0 Å². The molecule has 1 aliphatic rings. The number of β-amino-alcohol motifs (C(OH)–C–C–N with tert-alkyl or cyclic N) is 1. The molecule has 0 aliphatic carbocycles. The summed E-state index contributed by atoms with van der Waals surface area (Å²) in [7, 11) is 0. The lowest BCUT2D eigenvalue weighted by Crippen LogP contribution is -2.43. The van der Waals surface area contributed by atoms with E-state index in [9.17, 15) is 9.90 Å². The number of amides is 1. The van der Waals surface area contributed by atoms with E-state index < -0.39 is 6.10 Å². The van der Waals surface area contributed by atoms with Crippen molar-refractivity contribution in [2.75, 3.05) is 18.1 Å². The third kappa shape index (κ3) is 2.58. The highest BCUT2D eigenvalue weighted by Gasteiger charge is 2.29. The average Bonchev–Trinajstić information content (AvgIpc) is 2.61. The van der Waals surface area contributed by atoms with E-state index in [4.69, 9.17) is 0 Å². The molecule has 17 heavy (non-hydrogen) atoms. The van der Waals surface area contributed by atoms with Crippen molar-refractivity contribution in [1.82, 2.24) is 5.01 Å². The monoisotopic (exact) mass is 234 g/mol. The topological polar surface area (TPSA) is 43.8 Å². The summed E-state index contributed by atoms with van der Waals surface area (Å²) in [4.78, 5) is 11.7. The summed E-state index contributed by atoms with van der Waals surface area (Å²) in [6.07, 6.45) is 0.00522. The van der Waals surface area contributed by atoms with Crippen LogP contribution in [0.25, 0.3) is 0 Å². The smallest absolute Gasteiger partial charge is 0.243 e. The summed E-state index contributed by atoms with van der Waals surface area (Å²) in [5, 5.41) is 13.0. The highest BCUT2D eigenvalue weighted by atomic mass is 16.3. The number of hydrazine groups is 1. The van der Waals surface area contributed by atoms with Gasteiger partial charge in [-0.05, 0) is 26.0 Å². The number of benzene rings is 1. The average molecular weight is 234 g/mol. The number of aliphatic hydroxyl groups is 1. The molecule has 0 spiro atoms. The first-order valence-electron chi connectivity index (χ1n) is 5.90. The minimum Gasteiger partial charge on any atom is -0.391 e. The van der Waals surface area contributed by atoms with E-state index in [2.05, 4.69) is 0 Å². The van der Waals surface area contributed by atoms with E-state index in [1.54, 1.807) is 11.9 Å². The van der Waals surface area contributed by atoms with Crippen LogP contribution >= 0.6 is 0 Å². The van der Waals surface area contributed by atoms with Gasteiger partial charge in [0, 0.05) is 13.0 Å². The van der Waals surface area contributed by atoms with Crippen LogP contribution in [0.2, 0.25) is 0 Å². The summed E-state index contributed by atoms with van der Waals surface area (Å²) in [6.45, 7) is 4.77. The van der Waals surface area contributed by atoms with Crippen LogP contribution in [0.3, 0.4) is 0 Å². The summed E-state index contributed by atoms with van der Waals surface area (Å²) in [6, 6.07) is 8.06. The molecule has 1 unspecified atom stereocenters. The number of aryl methyl sites for hydroxylation is 1. The molecule has 1 aromatic carbocycles. The van der Waals surface area contributed by atoms with Gasteiger partial charge in [-0.3, -0.25) is 14.8 Å². The van der Waals surface area contributed by atoms with Crippen LogP contribution in [0.4, 0.5) is 5.69 Å². The molecule has 1 saturated heterocycles. The second kappa shape index (κ2) is 4.75. The predicted molar refractivity (Wildman–Crippen MR) is 66.5 cm³/mol. The second-order valence-corrected chi connectivity index (χ2v) is 4.53. The lowest BCUT2D eigenvalue weighted by molar-refractivity contribution is -0.129. The highest BCUT2D eigenvalue weighted by molar-refractivity contribution is 5.81. The first-order chi connectivity index (χ1) is 8.08. The first kappa shape index (κ1) is 11.9. The highest BCUT2D eigenvalue weighted by Crippen LogP contribution is 2.22. The Labute approximate surface area is 101 Å². The number of aliphatic hydroxyl groups excluding tert-OH is 1. The van der Waals surface area contributed by atoms with Crippen molar-refractivity contribution >= 4 is 11.6 Å². The Morgan fingerprint density at radius 2 is 2.00 bits per heavy atom. The summed E-state index contributed by atoms with van der Waals surface area (Å²) < 4.78 is 0. The van der Waals surface area contributed by atoms with E-state index in [0.717, 1.165) is 5.69 Å². The van der Waals surface area contributed by atoms with Gasteiger partial charge in [0.15, 0.2) is 0 Å². The zero-order valence-electron chi connectivity index (χ0n) is 10.3. The van der Waals surface area contributed by atoms with Gasteiger partial charge in [-0.15, -0.1) is 0 Å². The minimum atomic E-state index is -0.509. The largest absolute Gasteiger partial charge is 0.391 e. The Hall–Kier alpha value is -1.55. The van der Waals surface area contributed by atoms with Crippen molar-refractivity contribution in [3.05, 3.63) is 29.8 Å². The molecule has 0 radical (unpaired) electrons. The zero-order valence-corrected chi connectivity index (χ0v) is 10.3. The van der Waals surface area contributed by atoms with Crippen LogP contribution in [-0.4, -0.2) is 35.2 Å². The predicted octanol–water partition coefficient (Wildman–Crippen LogP) is 1.33. The number of hydrogen-bond acceptors (Lipinski definition) is 3. The molecule has 1 fully saturated rings. The Balaban J connectivity index is 2.19. The Kier molecular flexibility index (Phi) is 3.33. The lowest BCUT2D eigenvalue weighted by Gasteiger charge is -2.30. The van der Waals surface area contributed by atoms with Crippen LogP contribution in [0.15, 0.2) is 24.3 Å². The standard InChI is InChI=1S/C13H18N2O2/c1-10-3-5-12(6-4-10)14-8-7-13(17)15(14)9-11(2)16/h3-6,11,16H,7-9H2,1-2H3. The molecule has 1 N–H and O–H groups in total. The fraction of sp³-hybridized carbons (Fsp3) is 0.462. The minimum absolute atomic E-state index is 0.0754. The van der Waals surface area contributed by atoms with Gasteiger partial charge in [0.25, 0.3) is 0 Å². The van der Waals surface area contributed by atoms with Gasteiger partial charge >= 0.3 is 0 Å². The van der Waals surface area contributed by atoms with Crippen LogP contribution in [0, 0.1) is 6.92 Å². The molecule has 92 valence electrons. The van der Waals surface area contributed by atoms with Gasteiger partial charge in [0.2, 0.25) is 5.91 Å². The zero-order chi connectivity index (χ0) is 12.4. The van der Waals surface area contributed by atoms with Crippen LogP contribution in [-0.2, 0) is 4.79 Å². The van der Waals surface area contributed by atoms with Gasteiger partial charge < -0.3 is 5.11 Å². The second-order valence-electron chi connectivity index (χ2n) is 4.53. The molecule has 4 heteroatoms. The Morgan fingerprint density at radius 3 is 2.59 bits per heavy atom. The van der Waals surface area contributed by atoms with Crippen molar-refractivity contribution < 1.29 is 9.90 Å². The molecule has 1 heterocycles. The number of rotatable bonds is 3. The molecule has 0 aromatic heterocycles. The Bertz CT molecular complexity index is 400. The molecule has 1 aromatic rings. The normalized spacial score (nSPS) is 17.7. The molecule has 4 nitrogen and oxygen atoms in total. The first-order valence-corrected chi connectivity index (χ1v) is 5.90. The number of anilines is 1. The maximum absolute atomic E-state index is 11.7. The van der Waals surface area contributed by atoms with Gasteiger partial charge in [-0.25, -0.2) is 0 Å². The molecule has 0 saturated carbocycles. The van der Waals surface area contributed by atoms with E-state index >= 15 is 0 Å². The van der Waals surface area contributed by atoms with Crippen molar-refractivity contribution in [3.8, 4) is 0 Å². The third-order valence-corrected chi connectivity index (χ3v) is 2.89. The van der Waals surface area contributed by atoms with Gasteiger partial charge in [-0.2, -0.15) is 0 Å². The van der Waals surface area contributed by atoms with Crippen LogP contribution < -0.4 is 5.01 Å². The SMILES string of the molecule is Cc1ccc(N2CCC(=O)N2CC(C)O)cc1. The number of carbonyl (C=O) groups excluding carboxylic acids is 1. The molecule has 1 amide bonds. The van der Waals surface area contributed by atoms with E-state index in [1.807, 2.05) is 36.2 Å². The third-order valence-electron chi connectivity index (χ3n) is 2.89. The fourth-order valence-electron chi connectivity index (χ4n) is 2.02. The van der Waals surface area contributed by atoms with Crippen LogP contribution in [0.5, 0.6) is 0 Å². The quantitative estimate of drug-likeness (QED) is 0.858. The van der Waals surface area contributed by atoms with Crippen molar-refractivity contribution in [2.24, 2.45) is 0 Å². The van der Waals surface area contributed by atoms with Gasteiger partial charge in [0.1, 0.15) is 0 Å². The van der Waals surface area contributed by atoms with E-state index in [0.29, 0.717) is 19.5 Å². The lowest BCUT2D eigenvalue weighted by atomic mass is 10.2. The summed E-state index contributed by atoms with van der Waals surface area (Å²) in [5.74, 6) is 0.0754. The molecular formula is C13H18N2O2. The fourth-order valence-corrected chi connectivity index (χ4v) is 2.02. The maximum Gasteiger partial charge on any atom is 0.243 e. The van der Waals surface area contributed by atoms with Gasteiger partial charge in [-0.1, -0.05) is 17.7 Å². The van der Waals surface area contributed by atoms with E-state index in [-0.39, 0.29) is 5.91 Å². The number of hydrogen-bond donors (Lipinski definition) is 1. The Morgan fingerprint density at radius 1 is 1.35 bits per heavy atom. The van der Waals surface area contributed by atoms with Crippen LogP contribution in [0.1, 0.15) is 18.9 Å². The summed E-state index contributed by atoms with van der Waals surface area (Å²) in [5.41, 5.74) is 2.20. The van der Waals surface area contributed by atoms with E-state index in [1.165, 1.54) is 5.56 Å². The molecule has 1 atom stereocenters.